The molecule has 2 heteroatoms. The topological polar surface area (TPSA) is 21.3 Å². The molecule has 0 radical (unpaired) electrons. The first-order chi connectivity index (χ1) is 7.25. The zero-order valence-electron chi connectivity index (χ0n) is 9.18. The van der Waals surface area contributed by atoms with Crippen molar-refractivity contribution in [3.63, 3.8) is 0 Å². The largest absolute Gasteiger partial charge is 0.493 e. The molecule has 1 saturated carbocycles. The van der Waals surface area contributed by atoms with Gasteiger partial charge in [-0.3, -0.25) is 0 Å². The van der Waals surface area contributed by atoms with E-state index in [2.05, 4.69) is 30.4 Å². The summed E-state index contributed by atoms with van der Waals surface area (Å²) in [6.45, 7) is 4.14. The number of nitrogens with one attached hydrogen (secondary N) is 1. The lowest BCUT2D eigenvalue weighted by molar-refractivity contribution is 0.357. The quantitative estimate of drug-likeness (QED) is 0.813. The van der Waals surface area contributed by atoms with Gasteiger partial charge in [0, 0.05) is 18.5 Å². The lowest BCUT2D eigenvalue weighted by atomic mass is 10.1. The number of hydrogen-bond donors (Lipinski definition) is 1. The highest BCUT2D eigenvalue weighted by atomic mass is 16.5. The van der Waals surface area contributed by atoms with Crippen LogP contribution in [0.1, 0.15) is 30.9 Å². The summed E-state index contributed by atoms with van der Waals surface area (Å²) in [5.41, 5.74) is 3.18. The van der Waals surface area contributed by atoms with Crippen LogP contribution in [-0.2, 0) is 13.0 Å². The van der Waals surface area contributed by atoms with Gasteiger partial charge >= 0.3 is 0 Å². The van der Waals surface area contributed by atoms with Gasteiger partial charge in [-0.25, -0.2) is 0 Å². The Kier molecular flexibility index (Phi) is 1.99. The molecule has 1 heterocycles. The summed E-state index contributed by atoms with van der Waals surface area (Å²) >= 11 is 0. The summed E-state index contributed by atoms with van der Waals surface area (Å²) in [6, 6.07) is 6.55. The second-order valence-electron chi connectivity index (χ2n) is 4.95. The molecule has 0 atom stereocenters. The van der Waals surface area contributed by atoms with Crippen LogP contribution in [0.15, 0.2) is 18.2 Å². The van der Waals surface area contributed by atoms with E-state index in [1.807, 2.05) is 0 Å². The summed E-state index contributed by atoms with van der Waals surface area (Å²) in [5.74, 6) is 1.08. The van der Waals surface area contributed by atoms with Crippen LogP contribution in [0.3, 0.4) is 0 Å². The molecule has 3 rings (SSSR count). The molecule has 0 amide bonds. The smallest absolute Gasteiger partial charge is 0.122 e. The van der Waals surface area contributed by atoms with Gasteiger partial charge in [-0.2, -0.15) is 0 Å². The molecular formula is C13H17NO. The molecule has 1 aliphatic carbocycles. The van der Waals surface area contributed by atoms with Gasteiger partial charge in [-0.1, -0.05) is 12.1 Å². The van der Waals surface area contributed by atoms with Crippen LogP contribution in [0.4, 0.5) is 0 Å². The van der Waals surface area contributed by atoms with Crippen molar-refractivity contribution in [3.8, 4) is 5.75 Å². The molecule has 1 aliphatic heterocycles. The van der Waals surface area contributed by atoms with Crippen molar-refractivity contribution >= 4 is 0 Å². The Morgan fingerprint density at radius 1 is 1.40 bits per heavy atom. The highest BCUT2D eigenvalue weighted by Gasteiger charge is 2.36. The Hall–Kier alpha value is -1.02. The van der Waals surface area contributed by atoms with Gasteiger partial charge < -0.3 is 10.1 Å². The summed E-state index contributed by atoms with van der Waals surface area (Å²) in [7, 11) is 0. The van der Waals surface area contributed by atoms with E-state index in [1.165, 1.54) is 24.0 Å². The minimum absolute atomic E-state index is 0.426. The molecule has 0 bridgehead atoms. The molecule has 0 aromatic heterocycles. The summed E-state index contributed by atoms with van der Waals surface area (Å²) in [6.07, 6.45) is 3.71. The fourth-order valence-electron chi connectivity index (χ4n) is 2.03. The average molecular weight is 203 g/mol. The number of fused-ring (bicyclic) bond motifs is 1. The van der Waals surface area contributed by atoms with Crippen molar-refractivity contribution in [3.05, 3.63) is 29.3 Å². The second-order valence-corrected chi connectivity index (χ2v) is 4.95. The molecule has 1 aromatic rings. The monoisotopic (exact) mass is 203 g/mol. The van der Waals surface area contributed by atoms with E-state index in [-0.39, 0.29) is 0 Å². The highest BCUT2D eigenvalue weighted by Crippen LogP contribution is 2.34. The van der Waals surface area contributed by atoms with Crippen molar-refractivity contribution in [2.24, 2.45) is 0 Å². The van der Waals surface area contributed by atoms with E-state index in [1.54, 1.807) is 0 Å². The van der Waals surface area contributed by atoms with E-state index in [4.69, 9.17) is 4.74 Å². The Balaban J connectivity index is 1.70. The zero-order chi connectivity index (χ0) is 10.3. The van der Waals surface area contributed by atoms with Gasteiger partial charge in [0.15, 0.2) is 0 Å². The van der Waals surface area contributed by atoms with E-state index >= 15 is 0 Å². The van der Waals surface area contributed by atoms with Crippen LogP contribution in [-0.4, -0.2) is 12.1 Å². The van der Waals surface area contributed by atoms with E-state index in [0.29, 0.717) is 5.54 Å². The molecule has 0 saturated heterocycles. The highest BCUT2D eigenvalue weighted by molar-refractivity contribution is 5.39. The SMILES string of the molecule is CC1(NCc2ccc3c(c2)CCO3)CC1. The molecule has 1 N–H and O–H groups in total. The molecule has 1 fully saturated rings. The minimum Gasteiger partial charge on any atom is -0.493 e. The predicted octanol–water partition coefficient (Wildman–Crippen LogP) is 2.26. The number of rotatable bonds is 3. The maximum atomic E-state index is 5.49. The fourth-order valence-corrected chi connectivity index (χ4v) is 2.03. The van der Waals surface area contributed by atoms with E-state index < -0.39 is 0 Å². The molecule has 80 valence electrons. The van der Waals surface area contributed by atoms with Gasteiger partial charge in [0.2, 0.25) is 0 Å². The maximum Gasteiger partial charge on any atom is 0.122 e. The van der Waals surface area contributed by atoms with Crippen LogP contribution in [0.25, 0.3) is 0 Å². The van der Waals surface area contributed by atoms with Gasteiger partial charge in [0.1, 0.15) is 5.75 Å². The Morgan fingerprint density at radius 2 is 2.27 bits per heavy atom. The van der Waals surface area contributed by atoms with Crippen molar-refractivity contribution in [2.75, 3.05) is 6.61 Å². The molecule has 0 spiro atoms. The molecule has 15 heavy (non-hydrogen) atoms. The van der Waals surface area contributed by atoms with Crippen LogP contribution >= 0.6 is 0 Å². The maximum absolute atomic E-state index is 5.49. The van der Waals surface area contributed by atoms with Gasteiger partial charge in [-0.15, -0.1) is 0 Å². The minimum atomic E-state index is 0.426. The van der Waals surface area contributed by atoms with Crippen LogP contribution in [0.2, 0.25) is 0 Å². The Morgan fingerprint density at radius 3 is 3.07 bits per heavy atom. The van der Waals surface area contributed by atoms with Gasteiger partial charge in [0.05, 0.1) is 6.61 Å². The second kappa shape index (κ2) is 3.24. The first-order valence-electron chi connectivity index (χ1n) is 5.75. The summed E-state index contributed by atoms with van der Waals surface area (Å²) in [5, 5.41) is 3.60. The van der Waals surface area contributed by atoms with Gasteiger partial charge in [0.25, 0.3) is 0 Å². The van der Waals surface area contributed by atoms with Crippen molar-refractivity contribution in [2.45, 2.75) is 38.3 Å². The molecular weight excluding hydrogens is 186 g/mol. The molecule has 0 unspecified atom stereocenters. The first-order valence-corrected chi connectivity index (χ1v) is 5.75. The first kappa shape index (κ1) is 9.22. The third-order valence-corrected chi connectivity index (χ3v) is 3.47. The summed E-state index contributed by atoms with van der Waals surface area (Å²) < 4.78 is 5.49. The zero-order valence-corrected chi connectivity index (χ0v) is 9.18. The van der Waals surface area contributed by atoms with Crippen molar-refractivity contribution < 1.29 is 4.74 Å². The van der Waals surface area contributed by atoms with Crippen LogP contribution < -0.4 is 10.1 Å². The lowest BCUT2D eigenvalue weighted by Crippen LogP contribution is -2.26. The summed E-state index contributed by atoms with van der Waals surface area (Å²) in [4.78, 5) is 0. The average Bonchev–Trinajstić information content (AvgIpc) is 2.80. The van der Waals surface area contributed by atoms with E-state index in [0.717, 1.165) is 25.3 Å². The van der Waals surface area contributed by atoms with Crippen LogP contribution in [0, 0.1) is 0 Å². The van der Waals surface area contributed by atoms with E-state index in [9.17, 15) is 0 Å². The lowest BCUT2D eigenvalue weighted by Gasteiger charge is -2.11. The fraction of sp³-hybridized carbons (Fsp3) is 0.538. The number of hydrogen-bond acceptors (Lipinski definition) is 2. The van der Waals surface area contributed by atoms with Gasteiger partial charge in [-0.05, 0) is 37.0 Å². The van der Waals surface area contributed by atoms with Crippen molar-refractivity contribution in [1.82, 2.24) is 5.32 Å². The molecule has 2 nitrogen and oxygen atoms in total. The Bertz CT molecular complexity index is 382. The predicted molar refractivity (Wildman–Crippen MR) is 60.1 cm³/mol. The third-order valence-electron chi connectivity index (χ3n) is 3.47. The number of benzene rings is 1. The Labute approximate surface area is 90.6 Å². The molecule has 2 aliphatic rings. The normalized spacial score (nSPS) is 20.9. The molecule has 1 aromatic carbocycles. The standard InChI is InChI=1S/C13H17NO/c1-13(5-6-13)14-9-10-2-3-12-11(8-10)4-7-15-12/h2-3,8,14H,4-7,9H2,1H3. The van der Waals surface area contributed by atoms with Crippen molar-refractivity contribution in [1.29, 1.82) is 0 Å². The third kappa shape index (κ3) is 1.86. The number of ether oxygens (including phenoxy) is 1. The van der Waals surface area contributed by atoms with Crippen LogP contribution in [0.5, 0.6) is 5.75 Å².